The molecule has 2 rings (SSSR count). The Hall–Kier alpha value is -0.540. The van der Waals surface area contributed by atoms with Crippen LogP contribution in [-0.2, 0) is 13.0 Å². The van der Waals surface area contributed by atoms with Crippen LogP contribution in [0, 0.1) is 18.8 Å². The van der Waals surface area contributed by atoms with E-state index in [0.29, 0.717) is 12.3 Å². The summed E-state index contributed by atoms with van der Waals surface area (Å²) in [5.74, 6) is 1.47. The number of halogens is 1. The zero-order chi connectivity index (χ0) is 14.9. The molecule has 0 saturated heterocycles. The second-order valence-corrected chi connectivity index (χ2v) is 7.02. The number of aromatic nitrogens is 2. The fourth-order valence-corrected chi connectivity index (χ4v) is 3.57. The lowest BCUT2D eigenvalue weighted by Gasteiger charge is -2.37. The Morgan fingerprint density at radius 2 is 2.00 bits per heavy atom. The molecule has 1 saturated carbocycles. The summed E-state index contributed by atoms with van der Waals surface area (Å²) in [5, 5.41) is 16.0. The first-order valence-corrected chi connectivity index (χ1v) is 8.18. The highest BCUT2D eigenvalue weighted by Gasteiger charge is 2.35. The third-order valence-electron chi connectivity index (χ3n) is 4.85. The molecule has 1 fully saturated rings. The monoisotopic (exact) mass is 298 g/mol. The standard InChI is InChI=1S/C16H27ClN2O/c1-5-19-14(15(17)12(4)18-19)10-16(20)8-6-13(7-9-16)11(2)3/h11,13,20H,5-10H2,1-4H3. The van der Waals surface area contributed by atoms with Gasteiger partial charge in [-0.05, 0) is 51.4 Å². The van der Waals surface area contributed by atoms with Gasteiger partial charge in [-0.1, -0.05) is 25.4 Å². The van der Waals surface area contributed by atoms with Crippen LogP contribution in [0.25, 0.3) is 0 Å². The largest absolute Gasteiger partial charge is 0.389 e. The predicted octanol–water partition coefficient (Wildman–Crippen LogP) is 3.98. The van der Waals surface area contributed by atoms with Crippen molar-refractivity contribution < 1.29 is 5.11 Å². The highest BCUT2D eigenvalue weighted by atomic mass is 35.5. The van der Waals surface area contributed by atoms with Crippen molar-refractivity contribution in [2.75, 3.05) is 0 Å². The molecule has 0 radical (unpaired) electrons. The maximum atomic E-state index is 10.9. The van der Waals surface area contributed by atoms with Crippen LogP contribution in [0.1, 0.15) is 57.8 Å². The van der Waals surface area contributed by atoms with Crippen molar-refractivity contribution in [1.29, 1.82) is 0 Å². The minimum absolute atomic E-state index is 0.603. The average Bonchev–Trinajstić information content (AvgIpc) is 2.66. The average molecular weight is 299 g/mol. The van der Waals surface area contributed by atoms with E-state index in [1.165, 1.54) is 0 Å². The molecular weight excluding hydrogens is 272 g/mol. The number of rotatable bonds is 4. The molecule has 114 valence electrons. The van der Waals surface area contributed by atoms with Gasteiger partial charge in [0.15, 0.2) is 0 Å². The lowest BCUT2D eigenvalue weighted by Crippen LogP contribution is -2.38. The summed E-state index contributed by atoms with van der Waals surface area (Å²) in [6.45, 7) is 9.35. The molecule has 1 N–H and O–H groups in total. The smallest absolute Gasteiger partial charge is 0.0848 e. The molecule has 0 amide bonds. The molecule has 0 spiro atoms. The van der Waals surface area contributed by atoms with E-state index in [1.54, 1.807) is 0 Å². The minimum atomic E-state index is -0.603. The maximum Gasteiger partial charge on any atom is 0.0848 e. The van der Waals surface area contributed by atoms with Crippen LogP contribution in [0.15, 0.2) is 0 Å². The van der Waals surface area contributed by atoms with Crippen molar-refractivity contribution in [1.82, 2.24) is 9.78 Å². The van der Waals surface area contributed by atoms with Crippen LogP contribution in [0.4, 0.5) is 0 Å². The molecule has 4 heteroatoms. The van der Waals surface area contributed by atoms with E-state index in [9.17, 15) is 5.11 Å². The summed E-state index contributed by atoms with van der Waals surface area (Å²) in [4.78, 5) is 0. The van der Waals surface area contributed by atoms with E-state index in [2.05, 4.69) is 25.9 Å². The van der Waals surface area contributed by atoms with Gasteiger partial charge in [0.1, 0.15) is 0 Å². The number of hydrogen-bond acceptors (Lipinski definition) is 2. The topological polar surface area (TPSA) is 38.0 Å². The van der Waals surface area contributed by atoms with Crippen molar-refractivity contribution >= 4 is 11.6 Å². The number of nitrogens with zero attached hydrogens (tertiary/aromatic N) is 2. The molecule has 3 nitrogen and oxygen atoms in total. The lowest BCUT2D eigenvalue weighted by molar-refractivity contribution is -0.0160. The van der Waals surface area contributed by atoms with Crippen molar-refractivity contribution in [3.63, 3.8) is 0 Å². The molecule has 1 heterocycles. The third kappa shape index (κ3) is 3.20. The fraction of sp³-hybridized carbons (Fsp3) is 0.812. The Kier molecular flexibility index (Phi) is 4.80. The van der Waals surface area contributed by atoms with Gasteiger partial charge in [0, 0.05) is 13.0 Å². The second-order valence-electron chi connectivity index (χ2n) is 6.64. The van der Waals surface area contributed by atoms with Gasteiger partial charge in [0.05, 0.1) is 22.0 Å². The van der Waals surface area contributed by atoms with Gasteiger partial charge < -0.3 is 5.11 Å². The summed E-state index contributed by atoms with van der Waals surface area (Å²) >= 11 is 6.36. The van der Waals surface area contributed by atoms with Gasteiger partial charge in [0.2, 0.25) is 0 Å². The van der Waals surface area contributed by atoms with Gasteiger partial charge in [-0.25, -0.2) is 0 Å². The van der Waals surface area contributed by atoms with Gasteiger partial charge >= 0.3 is 0 Å². The van der Waals surface area contributed by atoms with Crippen LogP contribution >= 0.6 is 11.6 Å². The van der Waals surface area contributed by atoms with Crippen molar-refractivity contribution in [3.8, 4) is 0 Å². The summed E-state index contributed by atoms with van der Waals surface area (Å²) in [6, 6.07) is 0. The molecule has 0 bridgehead atoms. The lowest BCUT2D eigenvalue weighted by atomic mass is 9.73. The first-order valence-electron chi connectivity index (χ1n) is 7.80. The van der Waals surface area contributed by atoms with Gasteiger partial charge in [-0.15, -0.1) is 0 Å². The van der Waals surface area contributed by atoms with Gasteiger partial charge in [-0.2, -0.15) is 5.10 Å². The Labute approximate surface area is 127 Å². The third-order valence-corrected chi connectivity index (χ3v) is 5.34. The Morgan fingerprint density at radius 1 is 1.40 bits per heavy atom. The van der Waals surface area contributed by atoms with Crippen LogP contribution in [-0.4, -0.2) is 20.5 Å². The Balaban J connectivity index is 2.10. The first kappa shape index (κ1) is 15.8. The normalized spacial score (nSPS) is 27.2. The van der Waals surface area contributed by atoms with Crippen LogP contribution in [0.2, 0.25) is 5.02 Å². The Bertz CT molecular complexity index is 459. The molecule has 20 heavy (non-hydrogen) atoms. The SMILES string of the molecule is CCn1nc(C)c(Cl)c1CC1(O)CCC(C(C)C)CC1. The van der Waals surface area contributed by atoms with Crippen molar-refractivity contribution in [2.24, 2.45) is 11.8 Å². The van der Waals surface area contributed by atoms with Crippen LogP contribution in [0.5, 0.6) is 0 Å². The zero-order valence-electron chi connectivity index (χ0n) is 13.1. The molecule has 0 aromatic carbocycles. The van der Waals surface area contributed by atoms with E-state index in [1.807, 2.05) is 11.6 Å². The van der Waals surface area contributed by atoms with E-state index >= 15 is 0 Å². The maximum absolute atomic E-state index is 10.9. The summed E-state index contributed by atoms with van der Waals surface area (Å²) in [7, 11) is 0. The molecule has 1 aromatic heterocycles. The quantitative estimate of drug-likeness (QED) is 0.913. The first-order chi connectivity index (χ1) is 9.36. The highest BCUT2D eigenvalue weighted by molar-refractivity contribution is 6.31. The van der Waals surface area contributed by atoms with Crippen LogP contribution in [0.3, 0.4) is 0 Å². The summed E-state index contributed by atoms with van der Waals surface area (Å²) < 4.78 is 1.93. The van der Waals surface area contributed by atoms with E-state index in [-0.39, 0.29) is 0 Å². The number of aliphatic hydroxyl groups is 1. The molecule has 0 aliphatic heterocycles. The fourth-order valence-electron chi connectivity index (χ4n) is 3.37. The number of aryl methyl sites for hydroxylation is 2. The second kappa shape index (κ2) is 6.07. The van der Waals surface area contributed by atoms with Crippen molar-refractivity contribution in [3.05, 3.63) is 16.4 Å². The summed E-state index contributed by atoms with van der Waals surface area (Å²) in [5.41, 5.74) is 1.26. The zero-order valence-corrected chi connectivity index (χ0v) is 13.9. The van der Waals surface area contributed by atoms with Gasteiger partial charge in [-0.3, -0.25) is 4.68 Å². The minimum Gasteiger partial charge on any atom is -0.389 e. The van der Waals surface area contributed by atoms with E-state index in [4.69, 9.17) is 11.6 Å². The van der Waals surface area contributed by atoms with Crippen molar-refractivity contribution in [2.45, 2.75) is 71.9 Å². The molecule has 1 aromatic rings. The molecule has 1 aliphatic rings. The number of hydrogen-bond donors (Lipinski definition) is 1. The highest BCUT2D eigenvalue weighted by Crippen LogP contribution is 2.38. The van der Waals surface area contributed by atoms with Gasteiger partial charge in [0.25, 0.3) is 0 Å². The molecule has 0 atom stereocenters. The summed E-state index contributed by atoms with van der Waals surface area (Å²) in [6.07, 6.45) is 4.61. The molecule has 0 unspecified atom stereocenters. The molecular formula is C16H27ClN2O. The predicted molar refractivity (Wildman–Crippen MR) is 83.1 cm³/mol. The molecule has 1 aliphatic carbocycles. The Morgan fingerprint density at radius 3 is 2.50 bits per heavy atom. The van der Waals surface area contributed by atoms with Crippen LogP contribution < -0.4 is 0 Å². The van der Waals surface area contributed by atoms with E-state index < -0.39 is 5.60 Å². The van der Waals surface area contributed by atoms with E-state index in [0.717, 1.165) is 54.6 Å².